The maximum atomic E-state index is 14.0. The number of nitrogens with two attached hydrogens (primary N) is 1. The van der Waals surface area contributed by atoms with E-state index in [-0.39, 0.29) is 30.2 Å². The van der Waals surface area contributed by atoms with E-state index in [1.54, 1.807) is 0 Å². The van der Waals surface area contributed by atoms with E-state index >= 15 is 0 Å². The molecule has 3 aliphatic rings. The first-order valence-electron chi connectivity index (χ1n) is 11.6. The fraction of sp³-hybridized carbons (Fsp3) is 0.652. The number of nitrogen functional groups attached to an aromatic ring is 1. The molecule has 4 atom stereocenters. The molecule has 7 nitrogen and oxygen atoms in total. The third-order valence-electron chi connectivity index (χ3n) is 7.20. The van der Waals surface area contributed by atoms with Crippen LogP contribution in [0.25, 0.3) is 11.3 Å². The van der Waals surface area contributed by atoms with Crippen molar-refractivity contribution in [1.29, 1.82) is 0 Å². The lowest BCUT2D eigenvalue weighted by Crippen LogP contribution is -2.43. The molecule has 186 valence electrons. The monoisotopic (exact) mass is 483 g/mol. The van der Waals surface area contributed by atoms with Crippen LogP contribution in [0.2, 0.25) is 0 Å². The number of nitrogens with zero attached hydrogens (tertiary/aromatic N) is 4. The second kappa shape index (κ2) is 8.67. The number of aromatic nitrogens is 3. The summed E-state index contributed by atoms with van der Waals surface area (Å²) in [7, 11) is 0. The van der Waals surface area contributed by atoms with Crippen LogP contribution in [-0.4, -0.2) is 64.5 Å². The first-order valence-corrected chi connectivity index (χ1v) is 11.6. The molecule has 34 heavy (non-hydrogen) atoms. The molecule has 0 aromatic carbocycles. The molecule has 0 amide bonds. The number of alkyl halides is 4. The van der Waals surface area contributed by atoms with Crippen molar-refractivity contribution in [2.45, 2.75) is 57.2 Å². The summed E-state index contributed by atoms with van der Waals surface area (Å²) in [4.78, 5) is 5.88. The molecule has 2 aromatic rings. The van der Waals surface area contributed by atoms with E-state index in [1.807, 2.05) is 29.5 Å². The molecule has 3 heterocycles. The summed E-state index contributed by atoms with van der Waals surface area (Å²) in [6.45, 7) is 1.18. The van der Waals surface area contributed by atoms with Gasteiger partial charge in [-0.3, -0.25) is 9.58 Å². The first kappa shape index (κ1) is 23.3. The van der Waals surface area contributed by atoms with Crippen molar-refractivity contribution < 1.29 is 27.0 Å². The summed E-state index contributed by atoms with van der Waals surface area (Å²) >= 11 is 0. The van der Waals surface area contributed by atoms with Gasteiger partial charge >= 0.3 is 6.61 Å². The van der Waals surface area contributed by atoms with Gasteiger partial charge in [-0.25, -0.2) is 13.8 Å². The Morgan fingerprint density at radius 1 is 1.21 bits per heavy atom. The van der Waals surface area contributed by atoms with Crippen LogP contribution in [0.4, 0.5) is 23.4 Å². The van der Waals surface area contributed by atoms with Crippen LogP contribution in [-0.2, 0) is 4.74 Å². The van der Waals surface area contributed by atoms with E-state index in [4.69, 9.17) is 15.6 Å². The topological polar surface area (TPSA) is 78.4 Å². The maximum Gasteiger partial charge on any atom is 0.387 e. The van der Waals surface area contributed by atoms with Gasteiger partial charge in [0.15, 0.2) is 11.6 Å². The van der Waals surface area contributed by atoms with E-state index in [9.17, 15) is 17.6 Å². The van der Waals surface area contributed by atoms with Gasteiger partial charge < -0.3 is 15.2 Å². The van der Waals surface area contributed by atoms with Crippen LogP contribution in [0.3, 0.4) is 0 Å². The van der Waals surface area contributed by atoms with Crippen LogP contribution in [0.15, 0.2) is 18.3 Å². The smallest absolute Gasteiger partial charge is 0.387 e. The van der Waals surface area contributed by atoms with Crippen LogP contribution in [0, 0.1) is 11.8 Å². The summed E-state index contributed by atoms with van der Waals surface area (Å²) in [6, 6.07) is 3.65. The van der Waals surface area contributed by atoms with E-state index in [2.05, 4.69) is 9.72 Å². The Morgan fingerprint density at radius 2 is 1.94 bits per heavy atom. The van der Waals surface area contributed by atoms with Crippen LogP contribution < -0.4 is 10.5 Å². The predicted octanol–water partition coefficient (Wildman–Crippen LogP) is 4.17. The molecular weight excluding hydrogens is 454 g/mol. The highest BCUT2D eigenvalue weighted by Gasteiger charge is 2.59. The Kier molecular flexibility index (Phi) is 5.96. The van der Waals surface area contributed by atoms with Crippen molar-refractivity contribution in [1.82, 2.24) is 19.7 Å². The van der Waals surface area contributed by atoms with E-state index in [1.165, 1.54) is 12.3 Å². The highest BCUT2D eigenvalue weighted by atomic mass is 19.3. The van der Waals surface area contributed by atoms with Crippen molar-refractivity contribution in [3.8, 4) is 17.0 Å². The Hall–Kier alpha value is -2.40. The van der Waals surface area contributed by atoms with Gasteiger partial charge in [0.25, 0.3) is 5.92 Å². The molecule has 2 aromatic heterocycles. The molecule has 2 saturated carbocycles. The van der Waals surface area contributed by atoms with Gasteiger partial charge in [-0.2, -0.15) is 13.9 Å². The maximum absolute atomic E-state index is 14.0. The molecule has 0 spiro atoms. The van der Waals surface area contributed by atoms with Crippen LogP contribution >= 0.6 is 0 Å². The minimum absolute atomic E-state index is 0.0980. The lowest BCUT2D eigenvalue weighted by Gasteiger charge is -2.30. The summed E-state index contributed by atoms with van der Waals surface area (Å²) < 4.78 is 65.0. The third-order valence-corrected chi connectivity index (χ3v) is 7.20. The highest BCUT2D eigenvalue weighted by molar-refractivity contribution is 5.64. The van der Waals surface area contributed by atoms with E-state index in [0.717, 1.165) is 18.5 Å². The number of fused-ring (bicyclic) bond motifs is 1. The number of rotatable bonds is 6. The van der Waals surface area contributed by atoms with Gasteiger partial charge in [-0.05, 0) is 50.7 Å². The summed E-state index contributed by atoms with van der Waals surface area (Å²) in [6.07, 6.45) is 3.25. The number of hydrogen-bond acceptors (Lipinski definition) is 6. The third kappa shape index (κ3) is 4.47. The largest absolute Gasteiger partial charge is 0.431 e. The zero-order valence-electron chi connectivity index (χ0n) is 19.1. The molecular formula is C23H29F4N5O2. The molecule has 5 rings (SSSR count). The Labute approximate surface area is 195 Å². The van der Waals surface area contributed by atoms with Gasteiger partial charge in [0.2, 0.25) is 0 Å². The second-order valence-electron chi connectivity index (χ2n) is 9.84. The SMILES string of the molecule is CC(C)n1nc(-c2cnc(N)c(OC(F)F)c2)cc1[C@H]1[C@@H]2C[C@H](N3CCOCC(F)(F)C3)C[C@@H]21. The van der Waals surface area contributed by atoms with Crippen molar-refractivity contribution >= 4 is 5.82 Å². The van der Waals surface area contributed by atoms with Gasteiger partial charge in [0, 0.05) is 42.0 Å². The predicted molar refractivity (Wildman–Crippen MR) is 117 cm³/mol. The van der Waals surface area contributed by atoms with Crippen molar-refractivity contribution in [2.75, 3.05) is 32.0 Å². The normalized spacial score (nSPS) is 28.8. The summed E-state index contributed by atoms with van der Waals surface area (Å²) in [5.41, 5.74) is 7.90. The minimum atomic E-state index is -3.00. The molecule has 2 N–H and O–H groups in total. The highest BCUT2D eigenvalue weighted by Crippen LogP contribution is 2.64. The number of ether oxygens (including phenoxy) is 2. The molecule has 11 heteroatoms. The molecule has 1 aliphatic heterocycles. The quantitative estimate of drug-likeness (QED) is 0.622. The molecule has 0 bridgehead atoms. The van der Waals surface area contributed by atoms with Crippen molar-refractivity contribution in [2.24, 2.45) is 11.8 Å². The van der Waals surface area contributed by atoms with Gasteiger partial charge in [-0.15, -0.1) is 0 Å². The standard InChI is InChI=1S/C23H29F4N5O2/c1-12(2)32-18(8-17(30-32)13-5-19(34-22(24)25)21(28)29-9-13)20-15-6-14(7-16(15)20)31-3-4-33-11-23(26,27)10-31/h5,8-9,12,14-16,20,22H,3-4,6-7,10-11H2,1-2H3,(H2,28,29)/t14-,15+,16-,20-. The Morgan fingerprint density at radius 3 is 2.62 bits per heavy atom. The van der Waals surface area contributed by atoms with Crippen molar-refractivity contribution in [3.63, 3.8) is 0 Å². The molecule has 3 fully saturated rings. The number of pyridine rings is 1. The number of anilines is 1. The van der Waals surface area contributed by atoms with E-state index in [0.29, 0.717) is 42.2 Å². The van der Waals surface area contributed by atoms with Crippen LogP contribution in [0.1, 0.15) is 44.3 Å². The molecule has 0 unspecified atom stereocenters. The molecule has 0 radical (unpaired) electrons. The zero-order valence-corrected chi connectivity index (χ0v) is 19.1. The lowest BCUT2D eigenvalue weighted by molar-refractivity contribution is -0.0719. The molecule has 1 saturated heterocycles. The van der Waals surface area contributed by atoms with E-state index < -0.39 is 19.1 Å². The average Bonchev–Trinajstić information content (AvgIpc) is 3.09. The summed E-state index contributed by atoms with van der Waals surface area (Å²) in [5.74, 6) is -1.95. The summed E-state index contributed by atoms with van der Waals surface area (Å²) in [5, 5.41) is 4.73. The minimum Gasteiger partial charge on any atom is -0.431 e. The fourth-order valence-corrected chi connectivity index (χ4v) is 5.68. The average molecular weight is 484 g/mol. The first-order chi connectivity index (χ1) is 16.1. The number of halogens is 4. The fourth-order valence-electron chi connectivity index (χ4n) is 5.68. The van der Waals surface area contributed by atoms with Gasteiger partial charge in [-0.1, -0.05) is 0 Å². The molecule has 2 aliphatic carbocycles. The Bertz CT molecular complexity index is 1030. The van der Waals surface area contributed by atoms with Crippen molar-refractivity contribution in [3.05, 3.63) is 24.0 Å². The second-order valence-corrected chi connectivity index (χ2v) is 9.84. The Balaban J connectivity index is 1.34. The van der Waals surface area contributed by atoms with Gasteiger partial charge in [0.1, 0.15) is 6.61 Å². The number of hydrogen-bond donors (Lipinski definition) is 1. The zero-order chi connectivity index (χ0) is 24.2. The van der Waals surface area contributed by atoms with Gasteiger partial charge in [0.05, 0.1) is 18.8 Å². The van der Waals surface area contributed by atoms with Crippen LogP contribution in [0.5, 0.6) is 5.75 Å². The lowest BCUT2D eigenvalue weighted by atomic mass is 10.0.